The van der Waals surface area contributed by atoms with Crippen LogP contribution in [0, 0.1) is 5.92 Å². The fourth-order valence-electron chi connectivity index (χ4n) is 4.79. The molecule has 0 unspecified atom stereocenters. The number of nitrogens with one attached hydrogen (secondary N) is 1. The lowest BCUT2D eigenvalue weighted by molar-refractivity contribution is -0.156. The molecule has 2 aliphatic rings. The van der Waals surface area contributed by atoms with Crippen LogP contribution in [-0.4, -0.2) is 80.1 Å². The maximum absolute atomic E-state index is 12.6. The van der Waals surface area contributed by atoms with Gasteiger partial charge in [0.25, 0.3) is 0 Å². The molecule has 0 radical (unpaired) electrons. The molecule has 5 N–H and O–H groups in total. The lowest BCUT2D eigenvalue weighted by atomic mass is 9.89. The van der Waals surface area contributed by atoms with Crippen molar-refractivity contribution < 1.29 is 39.5 Å². The first kappa shape index (κ1) is 32.2. The van der Waals surface area contributed by atoms with E-state index >= 15 is 0 Å². The smallest absolute Gasteiger partial charge is 0.303 e. The Balaban J connectivity index is 2.11. The van der Waals surface area contributed by atoms with Crippen LogP contribution in [0.4, 0.5) is 0 Å². The molecule has 0 aromatic heterocycles. The Hall–Kier alpha value is -2.04. The molecular weight excluding hydrogens is 490 g/mol. The van der Waals surface area contributed by atoms with Crippen molar-refractivity contribution >= 4 is 11.9 Å². The van der Waals surface area contributed by atoms with Crippen LogP contribution in [0.3, 0.4) is 0 Å². The number of carbonyl (C=O) groups excluding carboxylic acids is 2. The fourth-order valence-corrected chi connectivity index (χ4v) is 4.79. The predicted molar refractivity (Wildman–Crippen MR) is 144 cm³/mol. The van der Waals surface area contributed by atoms with Gasteiger partial charge < -0.3 is 35.2 Å². The molecule has 0 spiro atoms. The lowest BCUT2D eigenvalue weighted by Crippen LogP contribution is -2.43. The summed E-state index contributed by atoms with van der Waals surface area (Å²) in [6, 6.07) is -0.407. The van der Waals surface area contributed by atoms with Crippen LogP contribution in [0.1, 0.15) is 80.1 Å². The summed E-state index contributed by atoms with van der Waals surface area (Å²) in [4.78, 5) is 24.2. The van der Waals surface area contributed by atoms with Crippen LogP contribution in [-0.2, 0) is 19.1 Å². The van der Waals surface area contributed by atoms with Crippen LogP contribution < -0.4 is 5.32 Å². The Morgan fingerprint density at radius 1 is 1.39 bits per heavy atom. The number of epoxide rings is 1. The molecule has 0 bridgehead atoms. The molecular formula is C29H47NO8. The molecule has 1 fully saturated rings. The molecule has 9 heteroatoms. The zero-order chi connectivity index (χ0) is 28.7. The van der Waals surface area contributed by atoms with Crippen LogP contribution in [0.2, 0.25) is 0 Å². The normalized spacial score (nSPS) is 35.3. The van der Waals surface area contributed by atoms with Gasteiger partial charge in [0.05, 0.1) is 42.5 Å². The van der Waals surface area contributed by atoms with Crippen LogP contribution in [0.25, 0.3) is 0 Å². The van der Waals surface area contributed by atoms with Gasteiger partial charge in [0.1, 0.15) is 11.7 Å². The zero-order valence-electron chi connectivity index (χ0n) is 23.6. The van der Waals surface area contributed by atoms with E-state index < -0.39 is 41.5 Å². The Labute approximate surface area is 226 Å². The van der Waals surface area contributed by atoms with Crippen molar-refractivity contribution in [2.75, 3.05) is 0 Å². The molecule has 9 nitrogen and oxygen atoms in total. The minimum absolute atomic E-state index is 0.00680. The average Bonchev–Trinajstić information content (AvgIpc) is 3.57. The van der Waals surface area contributed by atoms with Gasteiger partial charge in [-0.1, -0.05) is 43.7 Å². The molecule has 0 saturated carbocycles. The largest absolute Gasteiger partial charge is 0.455 e. The van der Waals surface area contributed by atoms with Crippen LogP contribution in [0.5, 0.6) is 0 Å². The first-order valence-corrected chi connectivity index (χ1v) is 13.6. The summed E-state index contributed by atoms with van der Waals surface area (Å²) in [5.74, 6) is -0.825. The van der Waals surface area contributed by atoms with Crippen molar-refractivity contribution in [1.82, 2.24) is 5.32 Å². The first-order valence-electron chi connectivity index (χ1n) is 13.6. The Morgan fingerprint density at radius 2 is 2.08 bits per heavy atom. The summed E-state index contributed by atoms with van der Waals surface area (Å²) in [7, 11) is 0. The van der Waals surface area contributed by atoms with Gasteiger partial charge in [0, 0.05) is 19.3 Å². The second-order valence-corrected chi connectivity index (χ2v) is 11.4. The van der Waals surface area contributed by atoms with E-state index in [1.54, 1.807) is 38.2 Å². The van der Waals surface area contributed by atoms with Crippen molar-refractivity contribution in [3.05, 3.63) is 36.0 Å². The average molecular weight is 538 g/mol. The molecule has 216 valence electrons. The second-order valence-electron chi connectivity index (χ2n) is 11.4. The van der Waals surface area contributed by atoms with Gasteiger partial charge >= 0.3 is 5.97 Å². The molecule has 0 aromatic rings. The minimum Gasteiger partial charge on any atom is -0.455 e. The number of ether oxygens (including phenoxy) is 2. The maximum atomic E-state index is 12.6. The van der Waals surface area contributed by atoms with Gasteiger partial charge in [-0.2, -0.15) is 0 Å². The number of hydrogen-bond donors (Lipinski definition) is 5. The number of aliphatic hydroxyl groups is 4. The van der Waals surface area contributed by atoms with E-state index in [9.17, 15) is 30.0 Å². The van der Waals surface area contributed by atoms with E-state index in [4.69, 9.17) is 9.47 Å². The number of esters is 1. The van der Waals surface area contributed by atoms with Gasteiger partial charge in [-0.05, 0) is 52.5 Å². The highest BCUT2D eigenvalue weighted by molar-refractivity contribution is 5.77. The summed E-state index contributed by atoms with van der Waals surface area (Å²) in [5, 5.41) is 45.0. The van der Waals surface area contributed by atoms with E-state index in [0.717, 1.165) is 5.57 Å². The third kappa shape index (κ3) is 10.3. The van der Waals surface area contributed by atoms with Gasteiger partial charge in [-0.15, -0.1) is 0 Å². The molecule has 0 aliphatic carbocycles. The van der Waals surface area contributed by atoms with Gasteiger partial charge in [-0.3, -0.25) is 9.59 Å². The van der Waals surface area contributed by atoms with Crippen molar-refractivity contribution in [2.24, 2.45) is 5.92 Å². The zero-order valence-corrected chi connectivity index (χ0v) is 23.6. The maximum Gasteiger partial charge on any atom is 0.303 e. The quantitative estimate of drug-likeness (QED) is 0.130. The number of carbonyl (C=O) groups is 2. The number of hydrogen-bond acceptors (Lipinski definition) is 8. The number of allylic oxidation sites excluding steroid dienone is 2. The standard InChI is InChI=1S/C29H47NO8/c1-7-23(33)19(3)27-24(38-27)17-28(5,35)14-9-10-18(2)22-11-8-12-25(37-20(4)31)29(6,36)15-13-21(32)16-26(34)30-22/h8-10,12,14,19,21-25,27,32-33,35-36H,7,11,13,15-17H2,1-6H3,(H,30,34)/b12-8+,14-9+,18-10+/t19-,21-,22+,23+,24-,25-,27-,28+,29-/m1/s1. The minimum atomic E-state index is -1.40. The van der Waals surface area contributed by atoms with Gasteiger partial charge in [0.2, 0.25) is 5.91 Å². The van der Waals surface area contributed by atoms with Gasteiger partial charge in [-0.25, -0.2) is 0 Å². The highest BCUT2D eigenvalue weighted by Crippen LogP contribution is 2.37. The first-order chi connectivity index (χ1) is 17.6. The molecule has 0 aromatic carbocycles. The molecule has 2 rings (SSSR count). The van der Waals surface area contributed by atoms with E-state index in [2.05, 4.69) is 5.32 Å². The molecule has 1 amide bonds. The Kier molecular flexibility index (Phi) is 11.7. The highest BCUT2D eigenvalue weighted by Gasteiger charge is 2.47. The van der Waals surface area contributed by atoms with E-state index in [1.807, 2.05) is 26.8 Å². The third-order valence-corrected chi connectivity index (χ3v) is 7.47. The second kappa shape index (κ2) is 13.8. The highest BCUT2D eigenvalue weighted by atomic mass is 16.6. The SMILES string of the molecule is CC[C@H](O)[C@@H](C)[C@H]1O[C@@H]1C[C@@](C)(O)/C=C/C=C(\C)[C@@H]1C/C=C/[C@@H](OC(C)=O)[C@](C)(O)CC[C@@H](O)CC(=O)N1. The van der Waals surface area contributed by atoms with Crippen molar-refractivity contribution in [3.8, 4) is 0 Å². The summed E-state index contributed by atoms with van der Waals surface area (Å²) < 4.78 is 11.0. The summed E-state index contributed by atoms with van der Waals surface area (Å²) >= 11 is 0. The summed E-state index contributed by atoms with van der Waals surface area (Å²) in [6.07, 6.45) is 7.82. The molecule has 1 saturated heterocycles. The van der Waals surface area contributed by atoms with Crippen LogP contribution in [0.15, 0.2) is 36.0 Å². The van der Waals surface area contributed by atoms with E-state index in [-0.39, 0.29) is 43.3 Å². The van der Waals surface area contributed by atoms with Crippen LogP contribution >= 0.6 is 0 Å². The topological polar surface area (TPSA) is 149 Å². The van der Waals surface area contributed by atoms with E-state index in [0.29, 0.717) is 19.3 Å². The fraction of sp³-hybridized carbons (Fsp3) is 0.724. The van der Waals surface area contributed by atoms with Crippen molar-refractivity contribution in [1.29, 1.82) is 0 Å². The number of rotatable bonds is 9. The monoisotopic (exact) mass is 537 g/mol. The van der Waals surface area contributed by atoms with Crippen molar-refractivity contribution in [3.63, 3.8) is 0 Å². The van der Waals surface area contributed by atoms with Crippen molar-refractivity contribution in [2.45, 2.75) is 128 Å². The lowest BCUT2D eigenvalue weighted by Gasteiger charge is -2.31. The summed E-state index contributed by atoms with van der Waals surface area (Å²) in [5.41, 5.74) is -1.70. The summed E-state index contributed by atoms with van der Waals surface area (Å²) in [6.45, 7) is 10.3. The molecule has 9 atom stereocenters. The van der Waals surface area contributed by atoms with Gasteiger partial charge in [0.15, 0.2) is 0 Å². The Morgan fingerprint density at radius 3 is 2.71 bits per heavy atom. The number of amides is 1. The molecule has 2 aliphatic heterocycles. The third-order valence-electron chi connectivity index (χ3n) is 7.47. The number of aliphatic hydroxyl groups excluding tert-OH is 2. The van der Waals surface area contributed by atoms with E-state index in [1.165, 1.54) is 6.92 Å². The Bertz CT molecular complexity index is 893. The molecule has 38 heavy (non-hydrogen) atoms. The predicted octanol–water partition coefficient (Wildman–Crippen LogP) is 2.46. The molecule has 2 heterocycles.